The van der Waals surface area contributed by atoms with Crippen LogP contribution in [-0.2, 0) is 30.8 Å². The average Bonchev–Trinajstić information content (AvgIpc) is 3.06. The van der Waals surface area contributed by atoms with Crippen molar-refractivity contribution >= 4 is 112 Å². The fraction of sp³-hybridized carbons (Fsp3) is 0.433. The first-order chi connectivity index (χ1) is 23.4. The molecule has 0 saturated heterocycles. The van der Waals surface area contributed by atoms with Crippen LogP contribution in [0.3, 0.4) is 0 Å². The van der Waals surface area contributed by atoms with Gasteiger partial charge in [0, 0.05) is 6.54 Å². The molecule has 0 aliphatic heterocycles. The summed E-state index contributed by atoms with van der Waals surface area (Å²) in [5.41, 5.74) is 27.4. The number of hydrogen-bond donors (Lipinski definition) is 8. The number of benzene rings is 2. The van der Waals surface area contributed by atoms with Crippen molar-refractivity contribution in [2.45, 2.75) is 67.9 Å². The molecule has 13 nitrogen and oxygen atoms in total. The first kappa shape index (κ1) is 42.1. The summed E-state index contributed by atoms with van der Waals surface area (Å²) < 4.78 is 0. The smallest absolute Gasteiger partial charge is 0.243 e. The second kappa shape index (κ2) is 19.4. The number of primary amides is 1. The van der Waals surface area contributed by atoms with E-state index in [9.17, 15) is 19.2 Å². The minimum atomic E-state index is -2.46. The molecule has 4 atom stereocenters. The number of guanidine groups is 1. The van der Waals surface area contributed by atoms with E-state index in [4.69, 9.17) is 83.6 Å². The minimum Gasteiger partial charge on any atom is -0.370 e. The molecule has 0 saturated carbocycles. The van der Waals surface area contributed by atoms with Crippen molar-refractivity contribution in [2.24, 2.45) is 33.7 Å². The second-order valence-electron chi connectivity index (χ2n) is 11.9. The number of amides is 4. The highest BCUT2D eigenvalue weighted by Crippen LogP contribution is 2.19. The van der Waals surface area contributed by atoms with E-state index in [0.717, 1.165) is 5.56 Å². The first-order valence-electron chi connectivity index (χ1n) is 15.8. The van der Waals surface area contributed by atoms with E-state index in [-0.39, 0.29) is 71.1 Å². The minimum absolute atomic E-state index is 0.0298. The molecule has 0 heterocycles. The highest BCUT2D eigenvalue weighted by Gasteiger charge is 2.41. The van der Waals surface area contributed by atoms with Crippen LogP contribution in [0, 0.1) is 0 Å². The standard InChI is InChI=1S/C30H38B7N9O4/c31-19-18(20(32)22(34)23(35)21(19)33)30(36,37)24(28(50)44-16(25(40)47)9-4-5-11-38)46-27(49)17(10-6-12-43-29(41)42)45-26(48)15(39)13-14-7-2-1-3-8-14/h1-3,7-8,15-17,24H,4-6,9-13,38-39H2,(H2,40,47)(H,44,50)(H,45,48)(H,46,49)(H4,41,42,43)/t15-,16-,17+,24+/m0/s1. The maximum atomic E-state index is 14.0. The van der Waals surface area contributed by atoms with Gasteiger partial charge in [-0.2, -0.15) is 0 Å². The van der Waals surface area contributed by atoms with Crippen molar-refractivity contribution in [1.82, 2.24) is 16.0 Å². The summed E-state index contributed by atoms with van der Waals surface area (Å²) in [6.07, 6.45) is 1.39. The van der Waals surface area contributed by atoms with Crippen LogP contribution < -0.4 is 71.9 Å². The highest BCUT2D eigenvalue weighted by molar-refractivity contribution is 6.68. The Labute approximate surface area is 302 Å². The van der Waals surface area contributed by atoms with Gasteiger partial charge in [0.05, 0.1) is 21.7 Å². The van der Waals surface area contributed by atoms with Gasteiger partial charge in [-0.3, -0.25) is 24.2 Å². The number of nitrogens with zero attached hydrogens (tertiary/aromatic N) is 1. The molecule has 248 valence electrons. The molecule has 0 fully saturated rings. The summed E-state index contributed by atoms with van der Waals surface area (Å²) in [6, 6.07) is 3.45. The van der Waals surface area contributed by atoms with Crippen LogP contribution in [0.1, 0.15) is 43.2 Å². The lowest BCUT2D eigenvalue weighted by atomic mass is 9.42. The zero-order valence-electron chi connectivity index (χ0n) is 27.9. The molecule has 0 aliphatic carbocycles. The number of hydrogen-bond acceptors (Lipinski definition) is 7. The number of carbonyl (C=O) groups is 4. The second-order valence-corrected chi connectivity index (χ2v) is 11.9. The topological polar surface area (TPSA) is 247 Å². The monoisotopic (exact) mass is 665 g/mol. The van der Waals surface area contributed by atoms with E-state index >= 15 is 0 Å². The Balaban J connectivity index is 2.56. The van der Waals surface area contributed by atoms with Gasteiger partial charge in [-0.05, 0) is 55.8 Å². The Bertz CT molecular complexity index is 1520. The van der Waals surface area contributed by atoms with Gasteiger partial charge < -0.3 is 44.6 Å². The third kappa shape index (κ3) is 11.5. The number of unbranched alkanes of at least 4 members (excludes halogenated alkanes) is 1. The van der Waals surface area contributed by atoms with Crippen molar-refractivity contribution in [1.29, 1.82) is 0 Å². The van der Waals surface area contributed by atoms with Crippen LogP contribution in [-0.4, -0.2) is 122 Å². The lowest BCUT2D eigenvalue weighted by Crippen LogP contribution is -2.68. The summed E-state index contributed by atoms with van der Waals surface area (Å²) >= 11 is 0. The Morgan fingerprint density at radius 3 is 1.80 bits per heavy atom. The molecule has 0 spiro atoms. The summed E-state index contributed by atoms with van der Waals surface area (Å²) in [6.45, 7) is 0.427. The molecule has 0 unspecified atom stereocenters. The van der Waals surface area contributed by atoms with Crippen molar-refractivity contribution in [2.75, 3.05) is 13.1 Å². The van der Waals surface area contributed by atoms with Crippen LogP contribution in [0.5, 0.6) is 0 Å². The van der Waals surface area contributed by atoms with Gasteiger partial charge in [-0.25, -0.2) is 0 Å². The van der Waals surface area contributed by atoms with Crippen molar-refractivity contribution in [3.63, 3.8) is 0 Å². The van der Waals surface area contributed by atoms with E-state index in [1.165, 1.54) is 0 Å². The molecule has 13 N–H and O–H groups in total. The van der Waals surface area contributed by atoms with E-state index in [2.05, 4.69) is 20.9 Å². The van der Waals surface area contributed by atoms with Crippen LogP contribution in [0.2, 0.25) is 0 Å². The average molecular weight is 664 g/mol. The summed E-state index contributed by atoms with van der Waals surface area (Å²) in [4.78, 5) is 57.4. The molecule has 20 heteroatoms. The van der Waals surface area contributed by atoms with E-state index in [0.29, 0.717) is 19.4 Å². The number of nitrogens with one attached hydrogen (secondary N) is 3. The maximum Gasteiger partial charge on any atom is 0.243 e. The van der Waals surface area contributed by atoms with Gasteiger partial charge in [-0.15, -0.1) is 27.3 Å². The fourth-order valence-electron chi connectivity index (χ4n) is 5.15. The summed E-state index contributed by atoms with van der Waals surface area (Å²) in [5, 5.41) is 5.11. The van der Waals surface area contributed by atoms with Gasteiger partial charge in [0.1, 0.15) is 57.4 Å². The molecule has 2 aromatic carbocycles. The van der Waals surface area contributed by atoms with Crippen LogP contribution in [0.25, 0.3) is 0 Å². The zero-order valence-corrected chi connectivity index (χ0v) is 27.9. The molecule has 2 rings (SSSR count). The third-order valence-corrected chi connectivity index (χ3v) is 7.98. The number of aliphatic imine (C=N–C) groups is 1. The number of carbonyl (C=O) groups excluding carboxylic acids is 4. The highest BCUT2D eigenvalue weighted by atomic mass is 16.2. The predicted octanol–water partition coefficient (Wildman–Crippen LogP) is -8.16. The van der Waals surface area contributed by atoms with Gasteiger partial charge in [-0.1, -0.05) is 35.9 Å². The number of rotatable bonds is 19. The Hall–Kier alpha value is -4.04. The van der Waals surface area contributed by atoms with Gasteiger partial charge in [0.25, 0.3) is 0 Å². The molecular weight excluding hydrogens is 626 g/mol. The van der Waals surface area contributed by atoms with Crippen LogP contribution >= 0.6 is 0 Å². The van der Waals surface area contributed by atoms with Crippen LogP contribution in [0.4, 0.5) is 0 Å². The summed E-state index contributed by atoms with van der Waals surface area (Å²) in [5.74, 6) is -3.72. The molecule has 2 aromatic rings. The van der Waals surface area contributed by atoms with E-state index in [1.54, 1.807) is 24.3 Å². The number of nitrogens with two attached hydrogens (primary N) is 5. The van der Waals surface area contributed by atoms with Crippen molar-refractivity contribution in [3.8, 4) is 0 Å². The van der Waals surface area contributed by atoms with E-state index in [1.807, 2.05) is 6.07 Å². The molecule has 0 bridgehead atoms. The third-order valence-electron chi connectivity index (χ3n) is 7.98. The first-order valence-corrected chi connectivity index (χ1v) is 15.8. The maximum absolute atomic E-state index is 14.0. The van der Waals surface area contributed by atoms with Crippen LogP contribution in [0.15, 0.2) is 35.3 Å². The van der Waals surface area contributed by atoms with Crippen molar-refractivity contribution in [3.05, 3.63) is 41.5 Å². The Morgan fingerprint density at radius 1 is 0.720 bits per heavy atom. The zero-order chi connectivity index (χ0) is 37.8. The van der Waals surface area contributed by atoms with Gasteiger partial charge in [0.2, 0.25) is 23.6 Å². The normalized spacial score (nSPS) is 13.6. The lowest BCUT2D eigenvalue weighted by Gasteiger charge is -2.41. The Morgan fingerprint density at radius 2 is 1.26 bits per heavy atom. The lowest BCUT2D eigenvalue weighted by molar-refractivity contribution is -0.134. The molecule has 0 aliphatic rings. The Kier molecular flexibility index (Phi) is 16.3. The molecule has 14 radical (unpaired) electrons. The largest absolute Gasteiger partial charge is 0.370 e. The summed E-state index contributed by atoms with van der Waals surface area (Å²) in [7, 11) is 43.7. The SMILES string of the molecule is [B]c1c([B])c([B])c(C([B])([B])[C@H](NC(=O)[C@@H](CCCN=C(N)N)NC(=O)[C@@H](N)Cc2ccccc2)C(=O)N[C@@H](CCCCN)C(N)=O)c([B])c1[B]. The molecule has 50 heavy (non-hydrogen) atoms. The fourth-order valence-corrected chi connectivity index (χ4v) is 5.15. The van der Waals surface area contributed by atoms with Gasteiger partial charge in [0.15, 0.2) is 5.96 Å². The predicted molar refractivity (Wildman–Crippen MR) is 202 cm³/mol. The molecular formula is C30H38B7N9O4. The quantitative estimate of drug-likeness (QED) is 0.0309. The molecule has 4 amide bonds. The van der Waals surface area contributed by atoms with E-state index < -0.39 is 53.0 Å². The van der Waals surface area contributed by atoms with Gasteiger partial charge >= 0.3 is 0 Å². The van der Waals surface area contributed by atoms with Crippen molar-refractivity contribution < 1.29 is 19.2 Å². The molecule has 0 aromatic heterocycles.